The van der Waals surface area contributed by atoms with E-state index in [1.165, 1.54) is 30.6 Å². The summed E-state index contributed by atoms with van der Waals surface area (Å²) in [5.74, 6) is 1.66. The number of nitrogens with zero attached hydrogens (tertiary/aromatic N) is 1. The average molecular weight is 424 g/mol. The number of thiophene rings is 1. The van der Waals surface area contributed by atoms with Crippen molar-refractivity contribution in [2.75, 3.05) is 6.54 Å². The van der Waals surface area contributed by atoms with Crippen LogP contribution in [0.15, 0.2) is 12.1 Å². The number of β-amino-alcohol motifs (C(OH)–C–C–N with tert-alkyl or cyclic N) is 1. The lowest BCUT2D eigenvalue weighted by molar-refractivity contribution is -0.166. The van der Waals surface area contributed by atoms with E-state index in [1.807, 2.05) is 6.07 Å². The Bertz CT molecular complexity index is 758. The van der Waals surface area contributed by atoms with Crippen molar-refractivity contribution >= 4 is 34.8 Å². The smallest absolute Gasteiger partial charge is 0.329 e. The minimum absolute atomic E-state index is 0.0873. The Morgan fingerprint density at radius 1 is 1.14 bits per heavy atom. The summed E-state index contributed by atoms with van der Waals surface area (Å²) in [6.45, 7) is 0.396. The quantitative estimate of drug-likeness (QED) is 0.751. The van der Waals surface area contributed by atoms with Gasteiger partial charge < -0.3 is 14.7 Å². The molecule has 1 unspecified atom stereocenters. The van der Waals surface area contributed by atoms with Crippen LogP contribution >= 0.6 is 22.9 Å². The molecule has 152 valence electrons. The zero-order valence-corrected chi connectivity index (χ0v) is 17.4. The number of aliphatic hydroxyl groups excluding tert-OH is 1. The summed E-state index contributed by atoms with van der Waals surface area (Å²) in [5.41, 5.74) is -0.307. The van der Waals surface area contributed by atoms with Gasteiger partial charge in [-0.3, -0.25) is 4.79 Å². The fourth-order valence-corrected chi connectivity index (χ4v) is 7.61. The summed E-state index contributed by atoms with van der Waals surface area (Å²) in [4.78, 5) is 28.9. The van der Waals surface area contributed by atoms with Gasteiger partial charge in [0.15, 0.2) is 0 Å². The van der Waals surface area contributed by atoms with Crippen LogP contribution in [0.25, 0.3) is 0 Å². The minimum atomic E-state index is -0.675. The van der Waals surface area contributed by atoms with E-state index in [0.717, 1.165) is 24.1 Å². The second-order valence-electron chi connectivity index (χ2n) is 9.37. The van der Waals surface area contributed by atoms with Gasteiger partial charge in [-0.05, 0) is 68.4 Å². The molecule has 1 aromatic heterocycles. The Morgan fingerprint density at radius 2 is 1.79 bits per heavy atom. The van der Waals surface area contributed by atoms with Crippen molar-refractivity contribution in [2.45, 2.75) is 63.7 Å². The SMILES string of the molecule is O=C(OCc1ccc(Cl)s1)[C@@H]1CC(O)CN1C(=O)C12CC3CC(CC(C3)C1)C2. The van der Waals surface area contributed by atoms with Crippen molar-refractivity contribution < 1.29 is 19.4 Å². The predicted molar refractivity (Wildman–Crippen MR) is 106 cm³/mol. The summed E-state index contributed by atoms with van der Waals surface area (Å²) in [7, 11) is 0. The number of likely N-dealkylation sites (tertiary alicyclic amines) is 1. The highest BCUT2D eigenvalue weighted by molar-refractivity contribution is 7.16. The van der Waals surface area contributed by atoms with Gasteiger partial charge in [-0.2, -0.15) is 0 Å². The number of carbonyl (C=O) groups excluding carboxylic acids is 2. The first-order chi connectivity index (χ1) is 13.4. The third-order valence-electron chi connectivity index (χ3n) is 7.29. The molecule has 5 nitrogen and oxygen atoms in total. The zero-order chi connectivity index (χ0) is 19.5. The monoisotopic (exact) mass is 423 g/mol. The molecule has 1 aliphatic heterocycles. The van der Waals surface area contributed by atoms with E-state index in [-0.39, 0.29) is 30.9 Å². The van der Waals surface area contributed by atoms with Crippen molar-refractivity contribution in [3.05, 3.63) is 21.3 Å². The van der Waals surface area contributed by atoms with Crippen molar-refractivity contribution in [3.63, 3.8) is 0 Å². The molecule has 0 aromatic carbocycles. The highest BCUT2D eigenvalue weighted by Crippen LogP contribution is 2.60. The topological polar surface area (TPSA) is 66.8 Å². The van der Waals surface area contributed by atoms with Gasteiger partial charge in [-0.1, -0.05) is 11.6 Å². The van der Waals surface area contributed by atoms with Gasteiger partial charge in [0.25, 0.3) is 0 Å². The molecule has 5 aliphatic rings. The van der Waals surface area contributed by atoms with Gasteiger partial charge in [0, 0.05) is 17.8 Å². The first-order valence-corrected chi connectivity index (χ1v) is 11.5. The molecule has 4 saturated carbocycles. The molecule has 1 N–H and O–H groups in total. The van der Waals surface area contributed by atoms with Gasteiger partial charge in [-0.25, -0.2) is 4.79 Å². The van der Waals surface area contributed by atoms with Crippen molar-refractivity contribution in [1.29, 1.82) is 0 Å². The van der Waals surface area contributed by atoms with Gasteiger partial charge >= 0.3 is 5.97 Å². The molecule has 1 aromatic rings. The summed E-state index contributed by atoms with van der Waals surface area (Å²) >= 11 is 7.31. The first kappa shape index (κ1) is 18.9. The molecule has 1 amide bonds. The number of aliphatic hydroxyl groups is 1. The van der Waals surface area contributed by atoms with Crippen LogP contribution in [0.5, 0.6) is 0 Å². The number of ether oxygens (including phenoxy) is 1. The fraction of sp³-hybridized carbons (Fsp3) is 0.714. The van der Waals surface area contributed by atoms with Gasteiger partial charge in [0.2, 0.25) is 5.91 Å². The molecule has 7 heteroatoms. The van der Waals surface area contributed by atoms with E-state index in [1.54, 1.807) is 11.0 Å². The Kier molecular flexibility index (Phi) is 4.72. The number of amides is 1. The molecule has 0 radical (unpaired) electrons. The van der Waals surface area contributed by atoms with Gasteiger partial charge in [-0.15, -0.1) is 11.3 Å². The number of rotatable bonds is 4. The zero-order valence-electron chi connectivity index (χ0n) is 15.8. The lowest BCUT2D eigenvalue weighted by Crippen LogP contribution is -2.56. The Labute approximate surface area is 174 Å². The fourth-order valence-electron chi connectivity index (χ4n) is 6.61. The van der Waals surface area contributed by atoms with E-state index in [4.69, 9.17) is 16.3 Å². The number of halogens is 1. The maximum Gasteiger partial charge on any atom is 0.329 e. The third-order valence-corrected chi connectivity index (χ3v) is 8.49. The van der Waals surface area contributed by atoms with Crippen LogP contribution in [-0.2, 0) is 20.9 Å². The number of hydrogen-bond donors (Lipinski definition) is 1. The highest BCUT2D eigenvalue weighted by atomic mass is 35.5. The van der Waals surface area contributed by atoms with E-state index in [0.29, 0.717) is 22.1 Å². The third kappa shape index (κ3) is 3.27. The van der Waals surface area contributed by atoms with Crippen LogP contribution < -0.4 is 0 Å². The second kappa shape index (κ2) is 6.99. The highest BCUT2D eigenvalue weighted by Gasteiger charge is 2.57. The Morgan fingerprint density at radius 3 is 2.36 bits per heavy atom. The molecule has 4 aliphatic carbocycles. The summed E-state index contributed by atoms with van der Waals surface area (Å²) in [5, 5.41) is 10.2. The van der Waals surface area contributed by atoms with Crippen molar-refractivity contribution in [2.24, 2.45) is 23.2 Å². The predicted octanol–water partition coefficient (Wildman–Crippen LogP) is 3.62. The van der Waals surface area contributed by atoms with E-state index < -0.39 is 18.1 Å². The van der Waals surface area contributed by atoms with Crippen molar-refractivity contribution in [3.8, 4) is 0 Å². The minimum Gasteiger partial charge on any atom is -0.458 e. The molecule has 2 heterocycles. The van der Waals surface area contributed by atoms with Crippen LogP contribution in [0, 0.1) is 23.2 Å². The van der Waals surface area contributed by atoms with E-state index >= 15 is 0 Å². The van der Waals surface area contributed by atoms with Crippen LogP contribution in [-0.4, -0.2) is 40.6 Å². The normalized spacial score (nSPS) is 38.8. The molecule has 1 saturated heterocycles. The number of carbonyl (C=O) groups is 2. The Hall–Kier alpha value is -1.11. The molecule has 0 spiro atoms. The standard InChI is InChI=1S/C21H26ClNO4S/c22-18-2-1-16(28-18)11-27-19(25)17-6-15(24)10-23(17)20(26)21-7-12-3-13(8-21)5-14(4-12)9-21/h1-2,12-15,17,24H,3-11H2/t12?,13?,14?,15?,17-,21?/m0/s1. The Balaban J connectivity index is 1.30. The van der Waals surface area contributed by atoms with Crippen LogP contribution in [0.4, 0.5) is 0 Å². The molecule has 2 atom stereocenters. The van der Waals surface area contributed by atoms with Crippen molar-refractivity contribution in [1.82, 2.24) is 4.90 Å². The van der Waals surface area contributed by atoms with Crippen LogP contribution in [0.3, 0.4) is 0 Å². The molecular formula is C21H26ClNO4S. The summed E-state index contributed by atoms with van der Waals surface area (Å²) in [6, 6.07) is 2.94. The van der Waals surface area contributed by atoms with Crippen LogP contribution in [0.2, 0.25) is 4.34 Å². The lowest BCUT2D eigenvalue weighted by Gasteiger charge is -2.56. The summed E-state index contributed by atoms with van der Waals surface area (Å²) in [6.07, 6.45) is 6.28. The maximum absolute atomic E-state index is 13.6. The lowest BCUT2D eigenvalue weighted by atomic mass is 9.49. The van der Waals surface area contributed by atoms with E-state index in [2.05, 4.69) is 0 Å². The number of hydrogen-bond acceptors (Lipinski definition) is 5. The van der Waals surface area contributed by atoms with Gasteiger partial charge in [0.05, 0.1) is 15.9 Å². The summed E-state index contributed by atoms with van der Waals surface area (Å²) < 4.78 is 6.13. The maximum atomic E-state index is 13.6. The number of esters is 1. The second-order valence-corrected chi connectivity index (χ2v) is 11.2. The first-order valence-electron chi connectivity index (χ1n) is 10.3. The van der Waals surface area contributed by atoms with Gasteiger partial charge in [0.1, 0.15) is 12.6 Å². The molecule has 5 fully saturated rings. The van der Waals surface area contributed by atoms with Crippen LogP contribution in [0.1, 0.15) is 49.8 Å². The largest absolute Gasteiger partial charge is 0.458 e. The molecule has 4 bridgehead atoms. The molecule has 6 rings (SSSR count). The van der Waals surface area contributed by atoms with E-state index in [9.17, 15) is 14.7 Å². The molecular weight excluding hydrogens is 398 g/mol. The molecule has 28 heavy (non-hydrogen) atoms. The average Bonchev–Trinajstić information content (AvgIpc) is 3.23.